The van der Waals surface area contributed by atoms with Gasteiger partial charge in [0, 0.05) is 0 Å². The van der Waals surface area contributed by atoms with Crippen molar-refractivity contribution in [1.82, 2.24) is 5.32 Å². The van der Waals surface area contributed by atoms with Crippen LogP contribution in [0.2, 0.25) is 0 Å². The zero-order valence-corrected chi connectivity index (χ0v) is 5.83. The molecular weight excluding hydrogens is 138 g/mol. The summed E-state index contributed by atoms with van der Waals surface area (Å²) in [5, 5.41) is 3.07. The van der Waals surface area contributed by atoms with E-state index in [-0.39, 0.29) is 11.9 Å². The molecular formula is C5H7NO2S. The first-order chi connectivity index (χ1) is 4.20. The first-order valence-electron chi connectivity index (χ1n) is 2.65. The Morgan fingerprint density at radius 3 is 2.89 bits per heavy atom. The summed E-state index contributed by atoms with van der Waals surface area (Å²) >= 11 is 4.63. The topological polar surface area (TPSA) is 38.3 Å². The quantitative estimate of drug-likeness (QED) is 0.521. The summed E-state index contributed by atoms with van der Waals surface area (Å²) in [6.45, 7) is 2.01. The summed E-state index contributed by atoms with van der Waals surface area (Å²) in [6.07, 6.45) is -0.350. The second kappa shape index (κ2) is 2.31. The molecule has 50 valence electrons. The molecule has 1 aliphatic rings. The number of carbonyl (C=O) groups is 1. The average Bonchev–Trinajstić information content (AvgIpc) is 2.14. The summed E-state index contributed by atoms with van der Waals surface area (Å²) in [5.74, 6) is 0.0161. The molecule has 0 spiro atoms. The number of nitrogens with one attached hydrogen (secondary N) is 1. The molecule has 1 unspecified atom stereocenters. The van der Waals surface area contributed by atoms with Gasteiger partial charge < -0.3 is 10.1 Å². The molecule has 3 nitrogen and oxygen atoms in total. The number of Topliss-reactive ketones (excluding diaryl/α,β-unsaturated/α-hetero) is 1. The summed E-state index contributed by atoms with van der Waals surface area (Å²) in [7, 11) is 0. The van der Waals surface area contributed by atoms with Crippen LogP contribution in [-0.2, 0) is 9.53 Å². The Morgan fingerprint density at radius 2 is 2.67 bits per heavy atom. The van der Waals surface area contributed by atoms with Gasteiger partial charge in [0.2, 0.25) is 0 Å². The van der Waals surface area contributed by atoms with E-state index in [1.807, 2.05) is 0 Å². The monoisotopic (exact) mass is 145 g/mol. The number of rotatable bonds is 1. The Kier molecular flexibility index (Phi) is 1.66. The van der Waals surface area contributed by atoms with Gasteiger partial charge in [-0.25, -0.2) is 0 Å². The molecule has 0 saturated carbocycles. The third kappa shape index (κ3) is 1.38. The molecule has 1 saturated heterocycles. The fourth-order valence-electron chi connectivity index (χ4n) is 0.615. The van der Waals surface area contributed by atoms with Crippen LogP contribution in [0, 0.1) is 0 Å². The lowest BCUT2D eigenvalue weighted by molar-refractivity contribution is -0.122. The number of ether oxygens (including phenoxy) is 1. The molecule has 9 heavy (non-hydrogen) atoms. The van der Waals surface area contributed by atoms with Crippen LogP contribution in [-0.4, -0.2) is 23.6 Å². The van der Waals surface area contributed by atoms with Gasteiger partial charge in [-0.2, -0.15) is 0 Å². The van der Waals surface area contributed by atoms with Crippen molar-refractivity contribution in [2.45, 2.75) is 13.0 Å². The smallest absolute Gasteiger partial charge is 0.257 e. The van der Waals surface area contributed by atoms with Crippen LogP contribution in [0.15, 0.2) is 0 Å². The molecule has 0 radical (unpaired) electrons. The number of ketones is 1. The Balaban J connectivity index is 2.48. The van der Waals surface area contributed by atoms with Crippen molar-refractivity contribution < 1.29 is 9.53 Å². The maximum atomic E-state index is 10.6. The van der Waals surface area contributed by atoms with E-state index in [1.54, 1.807) is 0 Å². The van der Waals surface area contributed by atoms with Crippen molar-refractivity contribution in [2.24, 2.45) is 0 Å². The zero-order chi connectivity index (χ0) is 6.85. The van der Waals surface area contributed by atoms with Gasteiger partial charge in [-0.3, -0.25) is 4.79 Å². The van der Waals surface area contributed by atoms with Crippen molar-refractivity contribution >= 4 is 23.2 Å². The van der Waals surface area contributed by atoms with Gasteiger partial charge in [-0.05, 0) is 19.1 Å². The lowest BCUT2D eigenvalue weighted by Gasteiger charge is -2.00. The fraction of sp³-hybridized carbons (Fsp3) is 0.600. The Morgan fingerprint density at radius 1 is 2.00 bits per heavy atom. The molecule has 1 rings (SSSR count). The molecule has 0 aromatic carbocycles. The largest absolute Gasteiger partial charge is 0.458 e. The summed E-state index contributed by atoms with van der Waals surface area (Å²) < 4.78 is 4.89. The minimum atomic E-state index is -0.350. The predicted octanol–water partition coefficient (Wildman–Crippen LogP) is -0.151. The molecule has 0 bridgehead atoms. The second-order valence-electron chi connectivity index (χ2n) is 1.89. The van der Waals surface area contributed by atoms with Gasteiger partial charge in [-0.1, -0.05) is 0 Å². The van der Waals surface area contributed by atoms with Gasteiger partial charge in [0.25, 0.3) is 5.17 Å². The van der Waals surface area contributed by atoms with E-state index in [4.69, 9.17) is 4.74 Å². The predicted molar refractivity (Wildman–Crippen MR) is 36.2 cm³/mol. The highest BCUT2D eigenvalue weighted by Gasteiger charge is 2.23. The average molecular weight is 145 g/mol. The van der Waals surface area contributed by atoms with Gasteiger partial charge in [0.05, 0.1) is 6.54 Å². The molecule has 1 N–H and O–H groups in total. The summed E-state index contributed by atoms with van der Waals surface area (Å²) in [4.78, 5) is 10.6. The molecule has 1 aliphatic heterocycles. The molecule has 0 aromatic rings. The van der Waals surface area contributed by atoms with Gasteiger partial charge in [0.15, 0.2) is 11.9 Å². The van der Waals surface area contributed by atoms with E-state index in [9.17, 15) is 4.79 Å². The fourth-order valence-corrected chi connectivity index (χ4v) is 0.815. The SMILES string of the molecule is CC(=O)C1CNC(=S)O1. The van der Waals surface area contributed by atoms with E-state index in [2.05, 4.69) is 17.5 Å². The van der Waals surface area contributed by atoms with Crippen LogP contribution in [0.5, 0.6) is 0 Å². The highest BCUT2D eigenvalue weighted by Crippen LogP contribution is 1.99. The lowest BCUT2D eigenvalue weighted by Crippen LogP contribution is -2.21. The van der Waals surface area contributed by atoms with Crippen molar-refractivity contribution in [2.75, 3.05) is 6.54 Å². The number of hydrogen-bond acceptors (Lipinski definition) is 3. The molecule has 0 aliphatic carbocycles. The first-order valence-corrected chi connectivity index (χ1v) is 3.06. The zero-order valence-electron chi connectivity index (χ0n) is 5.01. The molecule has 1 atom stereocenters. The van der Waals surface area contributed by atoms with Crippen molar-refractivity contribution in [1.29, 1.82) is 0 Å². The maximum Gasteiger partial charge on any atom is 0.257 e. The van der Waals surface area contributed by atoms with E-state index >= 15 is 0 Å². The minimum Gasteiger partial charge on any atom is -0.458 e. The van der Waals surface area contributed by atoms with Crippen molar-refractivity contribution in [3.63, 3.8) is 0 Å². The van der Waals surface area contributed by atoms with E-state index in [0.29, 0.717) is 11.7 Å². The van der Waals surface area contributed by atoms with Gasteiger partial charge in [-0.15, -0.1) is 0 Å². The maximum absolute atomic E-state index is 10.6. The van der Waals surface area contributed by atoms with Crippen LogP contribution in [0.3, 0.4) is 0 Å². The first kappa shape index (κ1) is 6.48. The molecule has 1 fully saturated rings. The molecule has 0 aromatic heterocycles. The van der Waals surface area contributed by atoms with Crippen LogP contribution in [0.4, 0.5) is 0 Å². The van der Waals surface area contributed by atoms with Gasteiger partial charge >= 0.3 is 0 Å². The molecule has 0 amide bonds. The number of hydrogen-bond donors (Lipinski definition) is 1. The van der Waals surface area contributed by atoms with Crippen LogP contribution >= 0.6 is 12.2 Å². The van der Waals surface area contributed by atoms with Crippen molar-refractivity contribution in [3.05, 3.63) is 0 Å². The van der Waals surface area contributed by atoms with E-state index in [1.165, 1.54) is 6.92 Å². The highest BCUT2D eigenvalue weighted by molar-refractivity contribution is 7.80. The lowest BCUT2D eigenvalue weighted by atomic mass is 10.3. The Hall–Kier alpha value is -0.640. The third-order valence-electron chi connectivity index (χ3n) is 1.13. The third-order valence-corrected chi connectivity index (χ3v) is 1.38. The van der Waals surface area contributed by atoms with Crippen LogP contribution < -0.4 is 5.32 Å². The molecule has 1 heterocycles. The Bertz CT molecular complexity index is 157. The van der Waals surface area contributed by atoms with Crippen LogP contribution in [0.25, 0.3) is 0 Å². The number of carbonyl (C=O) groups excluding carboxylic acids is 1. The normalized spacial score (nSPS) is 25.0. The van der Waals surface area contributed by atoms with Gasteiger partial charge in [0.1, 0.15) is 0 Å². The van der Waals surface area contributed by atoms with Crippen LogP contribution in [0.1, 0.15) is 6.92 Å². The minimum absolute atomic E-state index is 0.0161. The Labute approximate surface area is 58.4 Å². The van der Waals surface area contributed by atoms with E-state index < -0.39 is 0 Å². The second-order valence-corrected chi connectivity index (χ2v) is 2.26. The standard InChI is InChI=1S/C5H7NO2S/c1-3(7)4-2-6-5(9)8-4/h4H,2H2,1H3,(H,6,9). The highest BCUT2D eigenvalue weighted by atomic mass is 32.1. The summed E-state index contributed by atoms with van der Waals surface area (Å²) in [5.41, 5.74) is 0. The van der Waals surface area contributed by atoms with E-state index in [0.717, 1.165) is 0 Å². The molecule has 4 heteroatoms. The number of thiocarbonyl (C=S) groups is 1. The van der Waals surface area contributed by atoms with Crippen molar-refractivity contribution in [3.8, 4) is 0 Å². The summed E-state index contributed by atoms with van der Waals surface area (Å²) in [6, 6.07) is 0.